The SMILES string of the molecule is COC(=O)CCCCCCC1C(O)CC(O)C1CCC(O)CCc1ccccc1OC. The number of hydrogen-bond acceptors (Lipinski definition) is 6. The van der Waals surface area contributed by atoms with Crippen LogP contribution in [0.4, 0.5) is 0 Å². The quantitative estimate of drug-likeness (QED) is 0.304. The zero-order valence-electron chi connectivity index (χ0n) is 19.0. The molecule has 1 saturated carbocycles. The normalized spacial score (nSPS) is 24.2. The Kier molecular flexibility index (Phi) is 11.3. The van der Waals surface area contributed by atoms with E-state index in [4.69, 9.17) is 4.74 Å². The molecule has 0 spiro atoms. The average Bonchev–Trinajstić information content (AvgIpc) is 3.05. The summed E-state index contributed by atoms with van der Waals surface area (Å²) in [5, 5.41) is 31.3. The van der Waals surface area contributed by atoms with E-state index in [1.54, 1.807) is 7.11 Å². The maximum atomic E-state index is 11.2. The van der Waals surface area contributed by atoms with Gasteiger partial charge in [0.15, 0.2) is 0 Å². The largest absolute Gasteiger partial charge is 0.496 e. The van der Waals surface area contributed by atoms with Crippen molar-refractivity contribution in [3.63, 3.8) is 0 Å². The van der Waals surface area contributed by atoms with E-state index in [2.05, 4.69) is 4.74 Å². The van der Waals surface area contributed by atoms with Gasteiger partial charge in [-0.3, -0.25) is 4.79 Å². The fraction of sp³-hybridized carbons (Fsp3) is 0.720. The summed E-state index contributed by atoms with van der Waals surface area (Å²) in [5.41, 5.74) is 1.09. The van der Waals surface area contributed by atoms with Crippen LogP contribution in [0.3, 0.4) is 0 Å². The van der Waals surface area contributed by atoms with Crippen LogP contribution < -0.4 is 4.74 Å². The van der Waals surface area contributed by atoms with Crippen molar-refractivity contribution < 1.29 is 29.6 Å². The van der Waals surface area contributed by atoms with Gasteiger partial charge in [0.1, 0.15) is 5.75 Å². The Morgan fingerprint density at radius 1 is 1.00 bits per heavy atom. The highest BCUT2D eigenvalue weighted by molar-refractivity contribution is 5.68. The van der Waals surface area contributed by atoms with Crippen molar-refractivity contribution in [2.45, 2.75) is 88.9 Å². The first-order chi connectivity index (χ1) is 15.0. The summed E-state index contributed by atoms with van der Waals surface area (Å²) < 4.78 is 10.0. The highest BCUT2D eigenvalue weighted by Gasteiger charge is 2.40. The number of aliphatic hydroxyl groups is 3. The molecule has 176 valence electrons. The predicted octanol–water partition coefficient (Wildman–Crippen LogP) is 3.64. The number of methoxy groups -OCH3 is 2. The molecule has 6 heteroatoms. The van der Waals surface area contributed by atoms with E-state index in [-0.39, 0.29) is 17.8 Å². The molecule has 31 heavy (non-hydrogen) atoms. The second-order valence-electron chi connectivity index (χ2n) is 8.81. The third kappa shape index (κ3) is 8.43. The molecule has 0 heterocycles. The molecule has 0 saturated heterocycles. The number of hydrogen-bond donors (Lipinski definition) is 3. The van der Waals surface area contributed by atoms with Crippen LogP contribution in [-0.4, -0.2) is 53.8 Å². The van der Waals surface area contributed by atoms with Crippen molar-refractivity contribution in [1.29, 1.82) is 0 Å². The van der Waals surface area contributed by atoms with Gasteiger partial charge in [-0.2, -0.15) is 0 Å². The van der Waals surface area contributed by atoms with Gasteiger partial charge in [-0.15, -0.1) is 0 Å². The van der Waals surface area contributed by atoms with Crippen LogP contribution in [0.2, 0.25) is 0 Å². The summed E-state index contributed by atoms with van der Waals surface area (Å²) in [5.74, 6) is 0.789. The molecule has 0 aliphatic heterocycles. The zero-order valence-corrected chi connectivity index (χ0v) is 19.0. The molecule has 1 fully saturated rings. The van der Waals surface area contributed by atoms with Crippen LogP contribution in [0, 0.1) is 11.8 Å². The number of aliphatic hydroxyl groups excluding tert-OH is 3. The van der Waals surface area contributed by atoms with Crippen molar-refractivity contribution in [3.05, 3.63) is 29.8 Å². The van der Waals surface area contributed by atoms with Gasteiger partial charge in [0.25, 0.3) is 0 Å². The summed E-state index contributed by atoms with van der Waals surface area (Å²) in [6.45, 7) is 0. The second-order valence-corrected chi connectivity index (χ2v) is 8.81. The number of carbonyl (C=O) groups excluding carboxylic acids is 1. The molecule has 1 aliphatic carbocycles. The molecule has 5 atom stereocenters. The summed E-state index contributed by atoms with van der Waals surface area (Å²) in [6, 6.07) is 7.85. The van der Waals surface area contributed by atoms with Gasteiger partial charge < -0.3 is 24.8 Å². The number of ether oxygens (including phenoxy) is 2. The molecule has 5 unspecified atom stereocenters. The number of unbranched alkanes of at least 4 members (excludes halogenated alkanes) is 3. The van der Waals surface area contributed by atoms with Gasteiger partial charge in [-0.05, 0) is 68.4 Å². The Labute approximate surface area is 186 Å². The lowest BCUT2D eigenvalue weighted by Crippen LogP contribution is -2.24. The van der Waals surface area contributed by atoms with Gasteiger partial charge in [0.2, 0.25) is 0 Å². The highest BCUT2D eigenvalue weighted by Crippen LogP contribution is 2.39. The maximum absolute atomic E-state index is 11.2. The maximum Gasteiger partial charge on any atom is 0.305 e. The minimum atomic E-state index is -0.499. The molecule has 2 rings (SSSR count). The summed E-state index contributed by atoms with van der Waals surface area (Å²) in [7, 11) is 3.06. The first kappa shape index (κ1) is 25.6. The number of benzene rings is 1. The van der Waals surface area contributed by atoms with E-state index >= 15 is 0 Å². The van der Waals surface area contributed by atoms with Crippen molar-refractivity contribution >= 4 is 5.97 Å². The molecule has 0 aromatic heterocycles. The minimum absolute atomic E-state index is 0.0333. The fourth-order valence-corrected chi connectivity index (χ4v) is 4.85. The lowest BCUT2D eigenvalue weighted by molar-refractivity contribution is -0.140. The zero-order chi connectivity index (χ0) is 22.6. The first-order valence-corrected chi connectivity index (χ1v) is 11.7. The Morgan fingerprint density at radius 3 is 2.39 bits per heavy atom. The van der Waals surface area contributed by atoms with Crippen LogP contribution in [-0.2, 0) is 16.0 Å². The molecular formula is C25H40O6. The molecular weight excluding hydrogens is 396 g/mol. The predicted molar refractivity (Wildman–Crippen MR) is 120 cm³/mol. The Bertz CT molecular complexity index is 649. The molecule has 1 aliphatic rings. The van der Waals surface area contributed by atoms with Crippen LogP contribution in [0.15, 0.2) is 24.3 Å². The molecule has 3 N–H and O–H groups in total. The molecule has 1 aromatic rings. The van der Waals surface area contributed by atoms with Gasteiger partial charge >= 0.3 is 5.97 Å². The van der Waals surface area contributed by atoms with Gasteiger partial charge in [-0.1, -0.05) is 37.5 Å². The lowest BCUT2D eigenvalue weighted by atomic mass is 9.84. The van der Waals surface area contributed by atoms with Crippen molar-refractivity contribution in [3.8, 4) is 5.75 Å². The smallest absolute Gasteiger partial charge is 0.305 e. The average molecular weight is 437 g/mol. The third-order valence-electron chi connectivity index (χ3n) is 6.69. The summed E-state index contributed by atoms with van der Waals surface area (Å²) in [4.78, 5) is 11.2. The van der Waals surface area contributed by atoms with Crippen molar-refractivity contribution in [2.24, 2.45) is 11.8 Å². The highest BCUT2D eigenvalue weighted by atomic mass is 16.5. The van der Waals surface area contributed by atoms with E-state index in [9.17, 15) is 20.1 Å². The van der Waals surface area contributed by atoms with Crippen LogP contribution in [0.1, 0.15) is 69.8 Å². The summed E-state index contributed by atoms with van der Waals surface area (Å²) >= 11 is 0. The topological polar surface area (TPSA) is 96.2 Å². The number of esters is 1. The Balaban J connectivity index is 1.72. The molecule has 0 radical (unpaired) electrons. The fourth-order valence-electron chi connectivity index (χ4n) is 4.85. The molecule has 1 aromatic carbocycles. The van der Waals surface area contributed by atoms with Crippen LogP contribution in [0.25, 0.3) is 0 Å². The van der Waals surface area contributed by atoms with Crippen LogP contribution in [0.5, 0.6) is 5.75 Å². The van der Waals surface area contributed by atoms with E-state index in [1.807, 2.05) is 24.3 Å². The minimum Gasteiger partial charge on any atom is -0.496 e. The van der Waals surface area contributed by atoms with E-state index in [0.29, 0.717) is 25.7 Å². The number of carbonyl (C=O) groups is 1. The van der Waals surface area contributed by atoms with Gasteiger partial charge in [0.05, 0.1) is 32.5 Å². The Morgan fingerprint density at radius 2 is 1.68 bits per heavy atom. The monoisotopic (exact) mass is 436 g/mol. The van der Waals surface area contributed by atoms with Gasteiger partial charge in [-0.25, -0.2) is 0 Å². The second kappa shape index (κ2) is 13.7. The van der Waals surface area contributed by atoms with E-state index in [1.165, 1.54) is 7.11 Å². The number of rotatable bonds is 14. The Hall–Kier alpha value is -1.63. The third-order valence-corrected chi connectivity index (χ3v) is 6.69. The molecule has 6 nitrogen and oxygen atoms in total. The van der Waals surface area contributed by atoms with Gasteiger partial charge in [0, 0.05) is 6.42 Å². The van der Waals surface area contributed by atoms with Crippen LogP contribution >= 0.6 is 0 Å². The molecule has 0 bridgehead atoms. The van der Waals surface area contributed by atoms with Crippen molar-refractivity contribution in [1.82, 2.24) is 0 Å². The first-order valence-electron chi connectivity index (χ1n) is 11.7. The number of aryl methyl sites for hydroxylation is 1. The number of para-hydroxylation sites is 1. The standard InChI is InChI=1S/C25H40O6/c1-30-24-11-8-7-9-18(24)13-14-19(26)15-16-21-20(22(27)17-23(21)28)10-5-3-4-6-12-25(29)31-2/h7-9,11,19-23,26-28H,3-6,10,12-17H2,1-2H3. The molecule has 0 amide bonds. The van der Waals surface area contributed by atoms with Crippen molar-refractivity contribution in [2.75, 3.05) is 14.2 Å². The lowest BCUT2D eigenvalue weighted by Gasteiger charge is -2.24. The van der Waals surface area contributed by atoms with E-state index < -0.39 is 18.3 Å². The summed E-state index contributed by atoms with van der Waals surface area (Å²) in [6.07, 6.45) is 6.86. The van der Waals surface area contributed by atoms with E-state index in [0.717, 1.165) is 56.3 Å².